The number of ether oxygens (including phenoxy) is 4. The molecule has 2 saturated heterocycles. The van der Waals surface area contributed by atoms with Crippen molar-refractivity contribution >= 4 is 29.8 Å². The van der Waals surface area contributed by atoms with Crippen molar-refractivity contribution in [3.8, 4) is 0 Å². The maximum absolute atomic E-state index is 15.0. The molecule has 10 nitrogen and oxygen atoms in total. The van der Waals surface area contributed by atoms with Gasteiger partial charge in [-0.05, 0) is 157 Å². The summed E-state index contributed by atoms with van der Waals surface area (Å²) in [5, 5.41) is 11.5. The minimum absolute atomic E-state index is 0.0172. The van der Waals surface area contributed by atoms with Crippen LogP contribution in [0.3, 0.4) is 0 Å². The van der Waals surface area contributed by atoms with Gasteiger partial charge in [0.05, 0.1) is 41.8 Å². The molecule has 0 radical (unpaired) electrons. The lowest BCUT2D eigenvalue weighted by atomic mass is 9.46. The van der Waals surface area contributed by atoms with Crippen LogP contribution in [0.4, 0.5) is 0 Å². The Morgan fingerprint density at radius 3 is 2.02 bits per heavy atom. The molecule has 10 saturated carbocycles. The van der Waals surface area contributed by atoms with E-state index in [2.05, 4.69) is 20.8 Å². The van der Waals surface area contributed by atoms with Crippen LogP contribution in [0.1, 0.15) is 124 Å². The molecule has 0 spiro atoms. The van der Waals surface area contributed by atoms with Crippen molar-refractivity contribution in [2.24, 2.45) is 94.2 Å². The van der Waals surface area contributed by atoms with Gasteiger partial charge in [-0.2, -0.15) is 0 Å². The van der Waals surface area contributed by atoms with Crippen LogP contribution in [0.15, 0.2) is 0 Å². The fourth-order valence-corrected chi connectivity index (χ4v) is 16.5. The minimum atomic E-state index is -1.08. The fourth-order valence-electron chi connectivity index (χ4n) is 16.5. The summed E-state index contributed by atoms with van der Waals surface area (Å²) in [5.41, 5.74) is -2.46. The van der Waals surface area contributed by atoms with Gasteiger partial charge in [0.1, 0.15) is 11.2 Å². The molecule has 10 heteroatoms. The second kappa shape index (κ2) is 12.0. The van der Waals surface area contributed by atoms with Gasteiger partial charge >= 0.3 is 29.8 Å². The molecule has 12 unspecified atom stereocenters. The molecular formula is C44H60O10. The number of hydrogen-bond donors (Lipinski definition) is 1. The highest BCUT2D eigenvalue weighted by atomic mass is 16.6. The van der Waals surface area contributed by atoms with E-state index in [0.29, 0.717) is 50.0 Å². The Balaban J connectivity index is 0.967. The van der Waals surface area contributed by atoms with Crippen molar-refractivity contribution in [2.75, 3.05) is 6.61 Å². The van der Waals surface area contributed by atoms with Crippen LogP contribution in [-0.2, 0) is 42.9 Å². The fraction of sp³-hybridized carbons (Fsp3) is 0.886. The van der Waals surface area contributed by atoms with Crippen LogP contribution >= 0.6 is 0 Å². The molecule has 12 fully saturated rings. The Bertz CT molecular complexity index is 1600. The van der Waals surface area contributed by atoms with E-state index in [0.717, 1.165) is 44.9 Å². The standard InChI is InChI=1S/C44H60O10/c1-21-29(31-11-30(21)35-33(31)19-51-39(35)48)9-28(37(46)53-41(3,4)42-12-23-5-24(13-42)7-25(6-23)14-42)10-32(34-22(2)36(45)52-40(34)49)38(47)54-44-17-26-8-27(18-44)16-43(50,15-26)20-44/h21-35,50H,5-20H2,1-4H3. The van der Waals surface area contributed by atoms with Gasteiger partial charge in [0.25, 0.3) is 0 Å². The molecular weight excluding hydrogens is 688 g/mol. The Morgan fingerprint density at radius 1 is 0.796 bits per heavy atom. The number of cyclic esters (lactones) is 3. The smallest absolute Gasteiger partial charge is 0.318 e. The van der Waals surface area contributed by atoms with E-state index in [1.807, 2.05) is 0 Å². The van der Waals surface area contributed by atoms with Crippen LogP contribution in [0.5, 0.6) is 0 Å². The zero-order valence-corrected chi connectivity index (χ0v) is 32.6. The predicted molar refractivity (Wildman–Crippen MR) is 191 cm³/mol. The topological polar surface area (TPSA) is 143 Å². The van der Waals surface area contributed by atoms with Gasteiger partial charge in [0.2, 0.25) is 0 Å². The van der Waals surface area contributed by atoms with Crippen LogP contribution in [-0.4, -0.2) is 58.4 Å². The van der Waals surface area contributed by atoms with Crippen molar-refractivity contribution in [3.05, 3.63) is 0 Å². The summed E-state index contributed by atoms with van der Waals surface area (Å²) in [7, 11) is 0. The monoisotopic (exact) mass is 748 g/mol. The quantitative estimate of drug-likeness (QED) is 0.156. The van der Waals surface area contributed by atoms with E-state index in [1.165, 1.54) is 19.3 Å². The summed E-state index contributed by atoms with van der Waals surface area (Å²) < 4.78 is 24.1. The summed E-state index contributed by atoms with van der Waals surface area (Å²) in [6, 6.07) is 0. The van der Waals surface area contributed by atoms with Gasteiger partial charge < -0.3 is 24.1 Å². The van der Waals surface area contributed by atoms with Crippen LogP contribution in [0.25, 0.3) is 0 Å². The number of rotatable bonds is 10. The molecule has 10 aliphatic carbocycles. The van der Waals surface area contributed by atoms with Gasteiger partial charge in [-0.15, -0.1) is 0 Å². The average Bonchev–Trinajstić information content (AvgIpc) is 3.78. The third-order valence-corrected chi connectivity index (χ3v) is 18.1. The van der Waals surface area contributed by atoms with Gasteiger partial charge in [0.15, 0.2) is 0 Å². The molecule has 2 aliphatic heterocycles. The summed E-state index contributed by atoms with van der Waals surface area (Å²) in [5.74, 6) is -2.77. The highest BCUT2D eigenvalue weighted by Gasteiger charge is 2.64. The Labute approximate surface area is 318 Å². The zero-order valence-electron chi connectivity index (χ0n) is 32.6. The molecule has 0 aromatic rings. The zero-order chi connectivity index (χ0) is 37.7. The molecule has 1 N–H and O–H groups in total. The first-order chi connectivity index (χ1) is 25.5. The first-order valence-corrected chi connectivity index (χ1v) is 21.6. The van der Waals surface area contributed by atoms with Gasteiger partial charge in [-0.3, -0.25) is 24.0 Å². The number of carbonyl (C=O) groups excluding carboxylic acids is 5. The third kappa shape index (κ3) is 5.43. The number of carbonyl (C=O) groups is 5. The van der Waals surface area contributed by atoms with Crippen molar-refractivity contribution in [1.29, 1.82) is 0 Å². The predicted octanol–water partition coefficient (Wildman–Crippen LogP) is 6.19. The molecule has 2 heterocycles. The summed E-state index contributed by atoms with van der Waals surface area (Å²) in [6.45, 7) is 8.43. The second-order valence-corrected chi connectivity index (χ2v) is 21.7. The molecule has 296 valence electrons. The van der Waals surface area contributed by atoms with E-state index in [1.54, 1.807) is 6.92 Å². The SMILES string of the molecule is CC1C(=O)OC(=O)C1C(CC(CC1C(C)C2CC1C1COC(=O)C21)C(=O)OC(C)(C)C12CC3CC(CC(C3)C1)C2)C(=O)OC12CC3CC(CC(O)(C3)C1)C2. The summed E-state index contributed by atoms with van der Waals surface area (Å²) >= 11 is 0. The third-order valence-electron chi connectivity index (χ3n) is 18.1. The van der Waals surface area contributed by atoms with Crippen LogP contribution in [0, 0.1) is 94.2 Å². The lowest BCUT2D eigenvalue weighted by Crippen LogP contribution is -2.61. The number of hydrogen-bond acceptors (Lipinski definition) is 10. The van der Waals surface area contributed by atoms with Crippen molar-refractivity contribution in [1.82, 2.24) is 0 Å². The number of fused-ring (bicyclic) bond motifs is 5. The molecule has 0 aromatic carbocycles. The lowest BCUT2D eigenvalue weighted by Gasteiger charge is -2.61. The molecule has 54 heavy (non-hydrogen) atoms. The molecule has 12 aliphatic rings. The Kier molecular flexibility index (Phi) is 7.99. The normalized spacial score (nSPS) is 50.2. The number of esters is 5. The van der Waals surface area contributed by atoms with Gasteiger partial charge in [-0.1, -0.05) is 13.8 Å². The van der Waals surface area contributed by atoms with Crippen molar-refractivity contribution in [2.45, 2.75) is 141 Å². The van der Waals surface area contributed by atoms with Gasteiger partial charge in [0, 0.05) is 17.8 Å². The van der Waals surface area contributed by atoms with E-state index in [-0.39, 0.29) is 71.1 Å². The van der Waals surface area contributed by atoms with Crippen molar-refractivity contribution in [3.63, 3.8) is 0 Å². The highest BCUT2D eigenvalue weighted by Crippen LogP contribution is 2.66. The molecule has 12 atom stereocenters. The minimum Gasteiger partial charge on any atom is -0.465 e. The Hall–Kier alpha value is -2.49. The Morgan fingerprint density at radius 2 is 1.43 bits per heavy atom. The van der Waals surface area contributed by atoms with E-state index < -0.39 is 58.4 Å². The first kappa shape index (κ1) is 35.9. The summed E-state index contributed by atoms with van der Waals surface area (Å²) in [6.07, 6.45) is 12.7. The molecule has 12 rings (SSSR count). The lowest BCUT2D eigenvalue weighted by molar-refractivity contribution is -0.224. The summed E-state index contributed by atoms with van der Waals surface area (Å²) in [4.78, 5) is 68.9. The van der Waals surface area contributed by atoms with Crippen LogP contribution < -0.4 is 0 Å². The number of aliphatic hydroxyl groups is 1. The molecule has 10 bridgehead atoms. The molecule has 0 amide bonds. The van der Waals surface area contributed by atoms with E-state index >= 15 is 4.79 Å². The van der Waals surface area contributed by atoms with Crippen molar-refractivity contribution < 1.29 is 48.0 Å². The van der Waals surface area contributed by atoms with Gasteiger partial charge in [-0.25, -0.2) is 0 Å². The maximum atomic E-state index is 15.0. The highest BCUT2D eigenvalue weighted by molar-refractivity contribution is 5.98. The first-order valence-electron chi connectivity index (χ1n) is 21.6. The largest absolute Gasteiger partial charge is 0.465 e. The molecule has 0 aromatic heterocycles. The van der Waals surface area contributed by atoms with Crippen LogP contribution in [0.2, 0.25) is 0 Å². The average molecular weight is 749 g/mol. The second-order valence-electron chi connectivity index (χ2n) is 21.7. The maximum Gasteiger partial charge on any atom is 0.318 e. The van der Waals surface area contributed by atoms with E-state index in [4.69, 9.17) is 18.9 Å². The van der Waals surface area contributed by atoms with E-state index in [9.17, 15) is 24.3 Å².